The Morgan fingerprint density at radius 1 is 0.964 bits per heavy atom. The standard InChI is InChI=1S/C24H34N2O2/c1-3-26(19-23-16-10-9-13-21(23)2)18-12-5-4-11-17-25-24(27)28-20-22-14-7-6-8-15-22/h6-10,13-16H,3-5,11-12,17-20H2,1-2H3,(H,25,27). The van der Waals surface area contributed by atoms with Gasteiger partial charge in [0.05, 0.1) is 0 Å². The van der Waals surface area contributed by atoms with Gasteiger partial charge in [0.1, 0.15) is 6.61 Å². The average Bonchev–Trinajstić information content (AvgIpc) is 2.72. The summed E-state index contributed by atoms with van der Waals surface area (Å²) in [6.45, 7) is 8.62. The van der Waals surface area contributed by atoms with Crippen molar-refractivity contribution in [1.29, 1.82) is 0 Å². The van der Waals surface area contributed by atoms with Crippen LogP contribution in [0.1, 0.15) is 49.3 Å². The van der Waals surface area contributed by atoms with Crippen LogP contribution in [0.4, 0.5) is 4.79 Å². The normalized spacial score (nSPS) is 10.8. The van der Waals surface area contributed by atoms with Gasteiger partial charge in [-0.25, -0.2) is 4.79 Å². The summed E-state index contributed by atoms with van der Waals surface area (Å²) < 4.78 is 5.21. The van der Waals surface area contributed by atoms with Crippen molar-refractivity contribution in [2.75, 3.05) is 19.6 Å². The van der Waals surface area contributed by atoms with Gasteiger partial charge in [0.2, 0.25) is 0 Å². The van der Waals surface area contributed by atoms with Crippen LogP contribution in [0.5, 0.6) is 0 Å². The van der Waals surface area contributed by atoms with E-state index in [0.29, 0.717) is 13.2 Å². The fourth-order valence-corrected chi connectivity index (χ4v) is 3.16. The summed E-state index contributed by atoms with van der Waals surface area (Å²) >= 11 is 0. The summed E-state index contributed by atoms with van der Waals surface area (Å²) in [6.07, 6.45) is 4.16. The molecule has 2 aromatic carbocycles. The molecule has 152 valence electrons. The largest absolute Gasteiger partial charge is 0.445 e. The second-order valence-corrected chi connectivity index (χ2v) is 7.20. The van der Waals surface area contributed by atoms with Crippen LogP contribution >= 0.6 is 0 Å². The van der Waals surface area contributed by atoms with E-state index in [9.17, 15) is 4.79 Å². The van der Waals surface area contributed by atoms with Crippen LogP contribution in [0.15, 0.2) is 54.6 Å². The Morgan fingerprint density at radius 3 is 2.43 bits per heavy atom. The molecule has 2 rings (SSSR count). The first-order chi connectivity index (χ1) is 13.7. The average molecular weight is 383 g/mol. The lowest BCUT2D eigenvalue weighted by Gasteiger charge is -2.21. The predicted molar refractivity (Wildman–Crippen MR) is 115 cm³/mol. The molecule has 0 spiro atoms. The molecule has 0 fully saturated rings. The van der Waals surface area contributed by atoms with Gasteiger partial charge in [-0.1, -0.05) is 74.4 Å². The second-order valence-electron chi connectivity index (χ2n) is 7.20. The summed E-state index contributed by atoms with van der Waals surface area (Å²) in [5.74, 6) is 0. The van der Waals surface area contributed by atoms with Gasteiger partial charge in [0.15, 0.2) is 0 Å². The number of carbonyl (C=O) groups excluding carboxylic acids is 1. The van der Waals surface area contributed by atoms with Crippen molar-refractivity contribution < 1.29 is 9.53 Å². The second kappa shape index (κ2) is 12.9. The third-order valence-electron chi connectivity index (χ3n) is 4.99. The Kier molecular flexibility index (Phi) is 10.2. The van der Waals surface area contributed by atoms with Gasteiger partial charge in [-0.05, 0) is 49.5 Å². The molecular formula is C24H34N2O2. The minimum absolute atomic E-state index is 0.320. The number of hydrogen-bond donors (Lipinski definition) is 1. The maximum absolute atomic E-state index is 11.7. The minimum atomic E-state index is -0.334. The van der Waals surface area contributed by atoms with Gasteiger partial charge in [0.25, 0.3) is 0 Å². The van der Waals surface area contributed by atoms with E-state index in [4.69, 9.17) is 4.74 Å². The topological polar surface area (TPSA) is 41.6 Å². The highest BCUT2D eigenvalue weighted by atomic mass is 16.5. The van der Waals surface area contributed by atoms with Crippen LogP contribution in [0.3, 0.4) is 0 Å². The number of hydrogen-bond acceptors (Lipinski definition) is 3. The molecule has 2 aromatic rings. The molecule has 0 bridgehead atoms. The van der Waals surface area contributed by atoms with E-state index in [1.807, 2.05) is 30.3 Å². The van der Waals surface area contributed by atoms with Crippen molar-refractivity contribution in [3.05, 3.63) is 71.3 Å². The molecule has 0 saturated heterocycles. The number of aryl methyl sites for hydroxylation is 1. The van der Waals surface area contributed by atoms with Gasteiger partial charge >= 0.3 is 6.09 Å². The first-order valence-corrected chi connectivity index (χ1v) is 10.4. The number of alkyl carbamates (subject to hydrolysis) is 1. The van der Waals surface area contributed by atoms with E-state index in [2.05, 4.69) is 48.3 Å². The summed E-state index contributed by atoms with van der Waals surface area (Å²) in [5, 5.41) is 2.83. The third-order valence-corrected chi connectivity index (χ3v) is 4.99. The number of rotatable bonds is 12. The van der Waals surface area contributed by atoms with Crippen LogP contribution in [-0.2, 0) is 17.9 Å². The van der Waals surface area contributed by atoms with Crippen molar-refractivity contribution >= 4 is 6.09 Å². The lowest BCUT2D eigenvalue weighted by Crippen LogP contribution is -2.25. The monoisotopic (exact) mass is 382 g/mol. The Bertz CT molecular complexity index is 688. The van der Waals surface area contributed by atoms with Crippen LogP contribution in [-0.4, -0.2) is 30.6 Å². The van der Waals surface area contributed by atoms with Crippen LogP contribution < -0.4 is 5.32 Å². The fraction of sp³-hybridized carbons (Fsp3) is 0.458. The van der Waals surface area contributed by atoms with Gasteiger partial charge in [-0.3, -0.25) is 4.90 Å². The van der Waals surface area contributed by atoms with E-state index >= 15 is 0 Å². The van der Waals surface area contributed by atoms with Crippen molar-refractivity contribution in [1.82, 2.24) is 10.2 Å². The number of nitrogens with one attached hydrogen (secondary N) is 1. The highest BCUT2D eigenvalue weighted by Crippen LogP contribution is 2.11. The Morgan fingerprint density at radius 2 is 1.68 bits per heavy atom. The Balaban J connectivity index is 1.50. The predicted octanol–water partition coefficient (Wildman–Crippen LogP) is 5.30. The Hall–Kier alpha value is -2.33. The van der Waals surface area contributed by atoms with E-state index in [-0.39, 0.29) is 6.09 Å². The maximum atomic E-state index is 11.7. The molecule has 0 aliphatic carbocycles. The molecule has 0 unspecified atom stereocenters. The molecule has 4 heteroatoms. The minimum Gasteiger partial charge on any atom is -0.445 e. The van der Waals surface area contributed by atoms with Crippen molar-refractivity contribution in [2.24, 2.45) is 0 Å². The molecule has 1 N–H and O–H groups in total. The van der Waals surface area contributed by atoms with E-state index in [1.54, 1.807) is 0 Å². The molecule has 4 nitrogen and oxygen atoms in total. The summed E-state index contributed by atoms with van der Waals surface area (Å²) in [6, 6.07) is 18.4. The van der Waals surface area contributed by atoms with Crippen molar-refractivity contribution in [3.8, 4) is 0 Å². The third kappa shape index (κ3) is 8.57. The molecule has 0 saturated carbocycles. The zero-order valence-corrected chi connectivity index (χ0v) is 17.3. The van der Waals surface area contributed by atoms with Crippen molar-refractivity contribution in [3.63, 3.8) is 0 Å². The highest BCUT2D eigenvalue weighted by molar-refractivity contribution is 5.67. The first-order valence-electron chi connectivity index (χ1n) is 10.4. The number of benzene rings is 2. The van der Waals surface area contributed by atoms with E-state index in [1.165, 1.54) is 24.0 Å². The van der Waals surface area contributed by atoms with Crippen LogP contribution in [0.25, 0.3) is 0 Å². The SMILES string of the molecule is CCN(CCCCCCNC(=O)OCc1ccccc1)Cc1ccccc1C. The number of carbonyl (C=O) groups is 1. The summed E-state index contributed by atoms with van der Waals surface area (Å²) in [5.41, 5.74) is 3.79. The molecule has 1 amide bonds. The quantitative estimate of drug-likeness (QED) is 0.506. The molecule has 0 radical (unpaired) electrons. The highest BCUT2D eigenvalue weighted by Gasteiger charge is 2.06. The van der Waals surface area contributed by atoms with Crippen molar-refractivity contribution in [2.45, 2.75) is 52.7 Å². The molecule has 28 heavy (non-hydrogen) atoms. The number of amides is 1. The molecule has 0 aliphatic heterocycles. The van der Waals surface area contributed by atoms with Gasteiger partial charge in [-0.2, -0.15) is 0 Å². The molecule has 0 aromatic heterocycles. The molecular weight excluding hydrogens is 348 g/mol. The number of ether oxygens (including phenoxy) is 1. The lowest BCUT2D eigenvalue weighted by atomic mass is 10.1. The molecule has 0 heterocycles. The zero-order chi connectivity index (χ0) is 20.0. The lowest BCUT2D eigenvalue weighted by molar-refractivity contribution is 0.139. The number of unbranched alkanes of at least 4 members (excludes halogenated alkanes) is 3. The maximum Gasteiger partial charge on any atom is 0.407 e. The van der Waals surface area contributed by atoms with Gasteiger partial charge < -0.3 is 10.1 Å². The summed E-state index contributed by atoms with van der Waals surface area (Å²) in [7, 11) is 0. The van der Waals surface area contributed by atoms with Crippen LogP contribution in [0.2, 0.25) is 0 Å². The van der Waals surface area contributed by atoms with Gasteiger partial charge in [0, 0.05) is 13.1 Å². The zero-order valence-electron chi connectivity index (χ0n) is 17.3. The number of nitrogens with zero attached hydrogens (tertiary/aromatic N) is 1. The molecule has 0 aliphatic rings. The van der Waals surface area contributed by atoms with Gasteiger partial charge in [-0.15, -0.1) is 0 Å². The van der Waals surface area contributed by atoms with Crippen LogP contribution in [0, 0.1) is 6.92 Å². The molecule has 0 atom stereocenters. The van der Waals surface area contributed by atoms with E-state index in [0.717, 1.165) is 38.0 Å². The fourth-order valence-electron chi connectivity index (χ4n) is 3.16. The first kappa shape index (κ1) is 22.0. The summed E-state index contributed by atoms with van der Waals surface area (Å²) in [4.78, 5) is 14.2. The van der Waals surface area contributed by atoms with E-state index < -0.39 is 0 Å². The smallest absolute Gasteiger partial charge is 0.407 e. The Labute approximate surface area is 169 Å².